The van der Waals surface area contributed by atoms with Gasteiger partial charge in [-0.1, -0.05) is 31.2 Å². The summed E-state index contributed by atoms with van der Waals surface area (Å²) < 4.78 is 6.30. The Morgan fingerprint density at radius 1 is 1.18 bits per heavy atom. The predicted octanol–water partition coefficient (Wildman–Crippen LogP) is 1.17. The third-order valence-electron chi connectivity index (χ3n) is 5.87. The fraction of sp³-hybridized carbons (Fsp3) is 0.435. The fourth-order valence-electron chi connectivity index (χ4n) is 4.18. The first-order valence-corrected chi connectivity index (χ1v) is 11.0. The Labute approximate surface area is 190 Å². The lowest BCUT2D eigenvalue weighted by atomic mass is 10.1. The van der Waals surface area contributed by atoms with Gasteiger partial charge in [-0.15, -0.1) is 0 Å². The molecule has 2 aromatic heterocycles. The summed E-state index contributed by atoms with van der Waals surface area (Å²) in [5, 5.41) is 0. The Kier molecular flexibility index (Phi) is 6.66. The molecule has 3 aromatic rings. The van der Waals surface area contributed by atoms with Crippen molar-refractivity contribution in [1.29, 1.82) is 0 Å². The first-order chi connectivity index (χ1) is 15.9. The number of fused-ring (bicyclic) bond motifs is 1. The van der Waals surface area contributed by atoms with Gasteiger partial charge >= 0.3 is 11.1 Å². The maximum atomic E-state index is 12.8. The van der Waals surface area contributed by atoms with E-state index in [1.54, 1.807) is 6.92 Å². The highest BCUT2D eigenvalue weighted by atomic mass is 16.5. The molecule has 10 nitrogen and oxygen atoms in total. The van der Waals surface area contributed by atoms with Gasteiger partial charge in [0.2, 0.25) is 5.78 Å². The van der Waals surface area contributed by atoms with Crippen LogP contribution in [-0.2, 0) is 17.8 Å². The molecule has 1 saturated heterocycles. The molecule has 3 N–H and O–H groups in total. The molecule has 1 aromatic carbocycles. The highest BCUT2D eigenvalue weighted by Crippen LogP contribution is 2.18. The van der Waals surface area contributed by atoms with Gasteiger partial charge in [0, 0.05) is 19.6 Å². The molecule has 0 aliphatic carbocycles. The second kappa shape index (κ2) is 9.63. The number of rotatable bonds is 8. The summed E-state index contributed by atoms with van der Waals surface area (Å²) >= 11 is 0. The van der Waals surface area contributed by atoms with Crippen LogP contribution in [0.2, 0.25) is 0 Å². The van der Waals surface area contributed by atoms with Crippen molar-refractivity contribution in [2.24, 2.45) is 5.92 Å². The number of nitrogens with one attached hydrogen (secondary N) is 1. The van der Waals surface area contributed by atoms with Crippen LogP contribution in [0.4, 0.5) is 5.82 Å². The van der Waals surface area contributed by atoms with Crippen molar-refractivity contribution in [3.05, 3.63) is 61.9 Å². The predicted molar refractivity (Wildman–Crippen MR) is 124 cm³/mol. The minimum atomic E-state index is -0.821. The average Bonchev–Trinajstić information content (AvgIpc) is 3.30. The number of anilines is 1. The number of H-pyrrole nitrogens is 1. The number of Topliss-reactive ketones (excluding diaryl/α,β-unsaturated/α-hetero) is 1. The van der Waals surface area contributed by atoms with Crippen molar-refractivity contribution >= 4 is 22.8 Å². The zero-order valence-electron chi connectivity index (χ0n) is 18.8. The number of carbonyl (C=O) groups excluding carboxylic acids is 1. The van der Waals surface area contributed by atoms with Crippen LogP contribution in [0.25, 0.3) is 11.2 Å². The Bertz CT molecular complexity index is 1290. The van der Waals surface area contributed by atoms with E-state index < -0.39 is 17.0 Å². The van der Waals surface area contributed by atoms with Crippen LogP contribution in [0, 0.1) is 5.92 Å². The largest absolute Gasteiger partial charge is 0.384 e. The van der Waals surface area contributed by atoms with E-state index in [-0.39, 0.29) is 41.7 Å². The number of aromatic amines is 1. The van der Waals surface area contributed by atoms with Gasteiger partial charge in [-0.3, -0.25) is 23.9 Å². The fourth-order valence-corrected chi connectivity index (χ4v) is 4.18. The van der Waals surface area contributed by atoms with Crippen LogP contribution in [0.15, 0.2) is 33.9 Å². The molecule has 1 fully saturated rings. The Morgan fingerprint density at radius 3 is 2.58 bits per heavy atom. The van der Waals surface area contributed by atoms with E-state index in [1.165, 1.54) is 24.5 Å². The van der Waals surface area contributed by atoms with Gasteiger partial charge in [-0.05, 0) is 37.1 Å². The van der Waals surface area contributed by atoms with Crippen LogP contribution in [0.1, 0.15) is 41.5 Å². The van der Waals surface area contributed by atoms with Crippen LogP contribution < -0.4 is 16.9 Å². The van der Waals surface area contributed by atoms with Gasteiger partial charge in [0.05, 0.1) is 13.2 Å². The summed E-state index contributed by atoms with van der Waals surface area (Å²) in [6.07, 6.45) is 2.41. The molecule has 0 saturated carbocycles. The summed E-state index contributed by atoms with van der Waals surface area (Å²) in [7, 11) is 1.50. The first kappa shape index (κ1) is 22.8. The number of benzene rings is 1. The number of nitrogens with zero attached hydrogens (tertiary/aromatic N) is 4. The number of carbonyl (C=O) groups is 1. The van der Waals surface area contributed by atoms with Crippen molar-refractivity contribution in [2.75, 3.05) is 32.5 Å². The molecule has 0 radical (unpaired) electrons. The van der Waals surface area contributed by atoms with Crippen LogP contribution in [0.5, 0.6) is 0 Å². The van der Waals surface area contributed by atoms with E-state index in [9.17, 15) is 14.4 Å². The molecular weight excluding hydrogens is 424 g/mol. The van der Waals surface area contributed by atoms with E-state index in [0.717, 1.165) is 30.8 Å². The molecule has 174 valence electrons. The SMILES string of the molecule is COC[C@H](C)C(=O)c1nc(N)c2[nH]c(=O)c(=O)n(Cc3cccc(CN4CCCC4)c3)c2n1. The molecule has 10 heteroatoms. The van der Waals surface area contributed by atoms with E-state index in [1.807, 2.05) is 18.2 Å². The van der Waals surface area contributed by atoms with Gasteiger partial charge < -0.3 is 15.5 Å². The molecule has 1 aliphatic heterocycles. The third kappa shape index (κ3) is 4.86. The molecule has 1 aliphatic rings. The van der Waals surface area contributed by atoms with Crippen LogP contribution in [-0.4, -0.2) is 57.0 Å². The van der Waals surface area contributed by atoms with Gasteiger partial charge in [-0.2, -0.15) is 0 Å². The summed E-state index contributed by atoms with van der Waals surface area (Å²) in [5.74, 6) is -1.03. The molecule has 4 rings (SSSR count). The summed E-state index contributed by atoms with van der Waals surface area (Å²) in [6, 6.07) is 7.90. The molecule has 3 heterocycles. The van der Waals surface area contributed by atoms with E-state index in [2.05, 4.69) is 25.9 Å². The number of ketones is 1. The number of nitrogens with two attached hydrogens (primary N) is 1. The zero-order chi connectivity index (χ0) is 23.5. The number of methoxy groups -OCH3 is 1. The van der Waals surface area contributed by atoms with E-state index in [4.69, 9.17) is 10.5 Å². The smallest absolute Gasteiger partial charge is 0.318 e. The molecular formula is C23H28N6O4. The lowest BCUT2D eigenvalue weighted by Gasteiger charge is -2.16. The second-order valence-corrected chi connectivity index (χ2v) is 8.50. The third-order valence-corrected chi connectivity index (χ3v) is 5.87. The maximum Gasteiger partial charge on any atom is 0.318 e. The van der Waals surface area contributed by atoms with Crippen molar-refractivity contribution < 1.29 is 9.53 Å². The van der Waals surface area contributed by atoms with Crippen LogP contribution >= 0.6 is 0 Å². The summed E-state index contributed by atoms with van der Waals surface area (Å²) in [6.45, 7) is 5.01. The second-order valence-electron chi connectivity index (χ2n) is 8.50. The normalized spacial score (nSPS) is 15.2. The topological polar surface area (TPSA) is 136 Å². The number of hydrogen-bond acceptors (Lipinski definition) is 8. The molecule has 0 amide bonds. The minimum Gasteiger partial charge on any atom is -0.384 e. The minimum absolute atomic E-state index is 0.0680. The summed E-state index contributed by atoms with van der Waals surface area (Å²) in [5.41, 5.74) is 6.67. The van der Waals surface area contributed by atoms with Gasteiger partial charge in [0.15, 0.2) is 17.3 Å². The van der Waals surface area contributed by atoms with Gasteiger partial charge in [0.25, 0.3) is 0 Å². The van der Waals surface area contributed by atoms with Crippen molar-refractivity contribution in [3.63, 3.8) is 0 Å². The lowest BCUT2D eigenvalue weighted by Crippen LogP contribution is -2.37. The molecule has 0 unspecified atom stereocenters. The number of ether oxygens (including phenoxy) is 1. The zero-order valence-corrected chi connectivity index (χ0v) is 18.8. The quantitative estimate of drug-likeness (QED) is 0.384. The Morgan fingerprint density at radius 2 is 1.88 bits per heavy atom. The van der Waals surface area contributed by atoms with Crippen molar-refractivity contribution in [2.45, 2.75) is 32.9 Å². The monoisotopic (exact) mass is 452 g/mol. The molecule has 1 atom stereocenters. The highest BCUT2D eigenvalue weighted by molar-refractivity contribution is 5.96. The number of nitrogen functional groups attached to an aromatic ring is 1. The van der Waals surface area contributed by atoms with Crippen LogP contribution in [0.3, 0.4) is 0 Å². The van der Waals surface area contributed by atoms with Crippen molar-refractivity contribution in [3.8, 4) is 0 Å². The summed E-state index contributed by atoms with van der Waals surface area (Å²) in [4.78, 5) is 51.1. The first-order valence-electron chi connectivity index (χ1n) is 11.0. The van der Waals surface area contributed by atoms with E-state index >= 15 is 0 Å². The molecule has 0 spiro atoms. The Hall–Kier alpha value is -3.37. The number of likely N-dealkylation sites (tertiary alicyclic amines) is 1. The number of hydrogen-bond donors (Lipinski definition) is 2. The molecule has 0 bridgehead atoms. The average molecular weight is 453 g/mol. The van der Waals surface area contributed by atoms with Gasteiger partial charge in [-0.25, -0.2) is 9.97 Å². The maximum absolute atomic E-state index is 12.8. The standard InChI is InChI=1S/C23H28N6O4/c1-14(13-33-2)18(30)20-26-19(24)17-21(27-20)29(23(32)22(31)25-17)12-16-7-5-6-15(10-16)11-28-8-3-4-9-28/h5-7,10,14H,3-4,8-9,11-13H2,1-2H3,(H,25,31)(H2,24,26,27)/t14-/m0/s1. The van der Waals surface area contributed by atoms with Crippen molar-refractivity contribution in [1.82, 2.24) is 24.4 Å². The van der Waals surface area contributed by atoms with E-state index in [0.29, 0.717) is 0 Å². The van der Waals surface area contributed by atoms with Gasteiger partial charge in [0.1, 0.15) is 5.52 Å². The number of aromatic nitrogens is 4. The molecule has 33 heavy (non-hydrogen) atoms. The Balaban J connectivity index is 1.75. The highest BCUT2D eigenvalue weighted by Gasteiger charge is 2.22. The lowest BCUT2D eigenvalue weighted by molar-refractivity contribution is 0.0819.